The molecule has 20 heavy (non-hydrogen) atoms. The first kappa shape index (κ1) is 10.7. The molecule has 1 saturated heterocycles. The third kappa shape index (κ3) is 1.55. The molecule has 5 rings (SSSR count). The van der Waals surface area contributed by atoms with E-state index < -0.39 is 0 Å². The number of rotatable bonds is 2. The lowest BCUT2D eigenvalue weighted by Gasteiger charge is -2.27. The van der Waals surface area contributed by atoms with Crippen molar-refractivity contribution in [1.29, 1.82) is 0 Å². The van der Waals surface area contributed by atoms with Crippen LogP contribution in [-0.2, 0) is 0 Å². The molecule has 2 bridgehead atoms. The Bertz CT molecular complexity index is 673. The fourth-order valence-corrected chi connectivity index (χ4v) is 3.27. The highest BCUT2D eigenvalue weighted by Gasteiger charge is 2.31. The summed E-state index contributed by atoms with van der Waals surface area (Å²) in [7, 11) is 0. The summed E-state index contributed by atoms with van der Waals surface area (Å²) in [4.78, 5) is 7.24. The Kier molecular flexibility index (Phi) is 2.01. The highest BCUT2D eigenvalue weighted by atomic mass is 15.3. The molecule has 1 N–H and O–H groups in total. The Labute approximate surface area is 117 Å². The van der Waals surface area contributed by atoms with E-state index in [0.29, 0.717) is 12.1 Å². The number of nitrogens with one attached hydrogen (secondary N) is 1. The summed E-state index contributed by atoms with van der Waals surface area (Å²) in [6.45, 7) is 2.26. The molecule has 5 nitrogen and oxygen atoms in total. The van der Waals surface area contributed by atoms with Crippen LogP contribution >= 0.6 is 0 Å². The number of nitrogens with zero attached hydrogens (tertiary/aromatic N) is 4. The number of anilines is 2. The molecule has 0 amide bonds. The molecule has 5 heteroatoms. The first-order chi connectivity index (χ1) is 9.87. The largest absolute Gasteiger partial charge is 0.366 e. The minimum Gasteiger partial charge on any atom is -0.366 e. The molecule has 2 fully saturated rings. The number of fused-ring (bicyclic) bond motifs is 4. The van der Waals surface area contributed by atoms with E-state index in [1.54, 1.807) is 0 Å². The number of pyridine rings is 1. The van der Waals surface area contributed by atoms with Gasteiger partial charge in [-0.05, 0) is 31.4 Å². The van der Waals surface area contributed by atoms with Crippen molar-refractivity contribution in [2.45, 2.75) is 31.3 Å². The van der Waals surface area contributed by atoms with Crippen molar-refractivity contribution in [3.63, 3.8) is 0 Å². The quantitative estimate of drug-likeness (QED) is 0.906. The lowest BCUT2D eigenvalue weighted by molar-refractivity contribution is 0.642. The molecule has 1 unspecified atom stereocenters. The van der Waals surface area contributed by atoms with Crippen LogP contribution in [0, 0.1) is 0 Å². The second-order valence-electron chi connectivity index (χ2n) is 6.08. The topological polar surface area (TPSA) is 46.0 Å². The third-order valence-corrected chi connectivity index (χ3v) is 4.56. The van der Waals surface area contributed by atoms with Crippen molar-refractivity contribution in [2.75, 3.05) is 23.3 Å². The fourth-order valence-electron chi connectivity index (χ4n) is 3.27. The Morgan fingerprint density at radius 1 is 1.20 bits per heavy atom. The van der Waals surface area contributed by atoms with Gasteiger partial charge in [0.05, 0.1) is 23.6 Å². The minimum absolute atomic E-state index is 0.569. The van der Waals surface area contributed by atoms with Gasteiger partial charge in [0.25, 0.3) is 0 Å². The van der Waals surface area contributed by atoms with Gasteiger partial charge in [-0.2, -0.15) is 5.10 Å². The third-order valence-electron chi connectivity index (χ3n) is 4.56. The highest BCUT2D eigenvalue weighted by Crippen LogP contribution is 2.37. The van der Waals surface area contributed by atoms with Crippen LogP contribution in [-0.4, -0.2) is 33.9 Å². The second kappa shape index (κ2) is 3.75. The van der Waals surface area contributed by atoms with Gasteiger partial charge in [0.2, 0.25) is 0 Å². The van der Waals surface area contributed by atoms with E-state index in [9.17, 15) is 0 Å². The minimum atomic E-state index is 0.569. The van der Waals surface area contributed by atoms with Gasteiger partial charge in [-0.3, -0.25) is 4.68 Å². The monoisotopic (exact) mass is 267 g/mol. The van der Waals surface area contributed by atoms with E-state index in [4.69, 9.17) is 4.98 Å². The van der Waals surface area contributed by atoms with Crippen LogP contribution in [0.3, 0.4) is 0 Å². The zero-order valence-corrected chi connectivity index (χ0v) is 11.3. The molecule has 2 aromatic heterocycles. The molecule has 0 aromatic carbocycles. The fraction of sp³-hybridized carbons (Fsp3) is 0.467. The van der Waals surface area contributed by atoms with E-state index in [1.807, 2.05) is 6.20 Å². The zero-order valence-electron chi connectivity index (χ0n) is 11.3. The smallest absolute Gasteiger partial charge is 0.150 e. The summed E-state index contributed by atoms with van der Waals surface area (Å²) >= 11 is 0. The van der Waals surface area contributed by atoms with Crippen LogP contribution in [0.4, 0.5) is 11.5 Å². The summed E-state index contributed by atoms with van der Waals surface area (Å²) in [5, 5.41) is 8.02. The standard InChI is InChI=1S/C15H17N5/c1-2-12(1)20-8-10(7-16-20)13-3-4-14-15(18-13)17-11-5-6-19(14)9-11/h3-4,7-8,11-12H,1-2,5-6,9H2,(H,17,18). The van der Waals surface area contributed by atoms with Crippen LogP contribution in [0.1, 0.15) is 25.3 Å². The van der Waals surface area contributed by atoms with Gasteiger partial charge in [0.15, 0.2) is 5.82 Å². The second-order valence-corrected chi connectivity index (χ2v) is 6.08. The Morgan fingerprint density at radius 2 is 2.15 bits per heavy atom. The molecular weight excluding hydrogens is 250 g/mol. The lowest BCUT2D eigenvalue weighted by atomic mass is 10.2. The molecule has 1 aliphatic carbocycles. The van der Waals surface area contributed by atoms with E-state index in [0.717, 1.165) is 30.2 Å². The van der Waals surface area contributed by atoms with Crippen molar-refractivity contribution in [2.24, 2.45) is 0 Å². The molecule has 4 heterocycles. The summed E-state index contributed by atoms with van der Waals surface area (Å²) in [6.07, 6.45) is 7.80. The first-order valence-corrected chi connectivity index (χ1v) is 7.44. The van der Waals surface area contributed by atoms with Gasteiger partial charge in [0, 0.05) is 30.9 Å². The Hall–Kier alpha value is -2.04. The molecule has 1 saturated carbocycles. The van der Waals surface area contributed by atoms with Gasteiger partial charge in [0.1, 0.15) is 0 Å². The molecule has 2 aliphatic heterocycles. The van der Waals surface area contributed by atoms with Crippen molar-refractivity contribution in [1.82, 2.24) is 14.8 Å². The lowest BCUT2D eigenvalue weighted by Crippen LogP contribution is -2.32. The van der Waals surface area contributed by atoms with E-state index >= 15 is 0 Å². The Balaban J connectivity index is 1.53. The first-order valence-electron chi connectivity index (χ1n) is 7.44. The molecular formula is C15H17N5. The normalized spacial score (nSPS) is 23.6. The number of hydrogen-bond donors (Lipinski definition) is 1. The van der Waals surface area contributed by atoms with Gasteiger partial charge in [-0.25, -0.2) is 4.98 Å². The SMILES string of the molecule is c1nn(C2CC2)cc1-c1ccc2c(n1)NC1CCN2C1. The molecule has 3 aliphatic rings. The number of aromatic nitrogens is 3. The van der Waals surface area contributed by atoms with Gasteiger partial charge >= 0.3 is 0 Å². The molecule has 1 atom stereocenters. The van der Waals surface area contributed by atoms with Crippen molar-refractivity contribution < 1.29 is 0 Å². The maximum Gasteiger partial charge on any atom is 0.150 e. The zero-order chi connectivity index (χ0) is 13.1. The van der Waals surface area contributed by atoms with Crippen LogP contribution in [0.15, 0.2) is 24.5 Å². The van der Waals surface area contributed by atoms with Crippen molar-refractivity contribution >= 4 is 11.5 Å². The average Bonchev–Trinajstić information content (AvgIpc) is 3.08. The summed E-state index contributed by atoms with van der Waals surface area (Å²) in [5.41, 5.74) is 3.39. The van der Waals surface area contributed by atoms with E-state index in [-0.39, 0.29) is 0 Å². The molecule has 0 radical (unpaired) electrons. The predicted molar refractivity (Wildman–Crippen MR) is 78.0 cm³/mol. The summed E-state index contributed by atoms with van der Waals surface area (Å²) in [6, 6.07) is 5.51. The van der Waals surface area contributed by atoms with E-state index in [2.05, 4.69) is 38.3 Å². The summed E-state index contributed by atoms with van der Waals surface area (Å²) < 4.78 is 2.08. The molecule has 2 aromatic rings. The van der Waals surface area contributed by atoms with Crippen molar-refractivity contribution in [3.05, 3.63) is 24.5 Å². The van der Waals surface area contributed by atoms with Crippen molar-refractivity contribution in [3.8, 4) is 11.3 Å². The molecule has 0 spiro atoms. The molecule has 102 valence electrons. The number of hydrogen-bond acceptors (Lipinski definition) is 4. The Morgan fingerprint density at radius 3 is 3.05 bits per heavy atom. The van der Waals surface area contributed by atoms with Crippen LogP contribution in [0.2, 0.25) is 0 Å². The van der Waals surface area contributed by atoms with Crippen LogP contribution < -0.4 is 10.2 Å². The average molecular weight is 267 g/mol. The van der Waals surface area contributed by atoms with Crippen LogP contribution in [0.25, 0.3) is 11.3 Å². The van der Waals surface area contributed by atoms with Gasteiger partial charge < -0.3 is 10.2 Å². The maximum absolute atomic E-state index is 4.81. The highest BCUT2D eigenvalue weighted by molar-refractivity contribution is 5.74. The summed E-state index contributed by atoms with van der Waals surface area (Å²) in [5.74, 6) is 1.04. The van der Waals surface area contributed by atoms with E-state index in [1.165, 1.54) is 24.9 Å². The van der Waals surface area contributed by atoms with Gasteiger partial charge in [-0.1, -0.05) is 0 Å². The maximum atomic E-state index is 4.81. The van der Waals surface area contributed by atoms with Gasteiger partial charge in [-0.15, -0.1) is 0 Å². The predicted octanol–water partition coefficient (Wildman–Crippen LogP) is 2.28. The van der Waals surface area contributed by atoms with Crippen LogP contribution in [0.5, 0.6) is 0 Å².